The minimum atomic E-state index is -1.74. The maximum absolute atomic E-state index is 13.5. The van der Waals surface area contributed by atoms with Crippen LogP contribution < -0.4 is 14.8 Å². The lowest BCUT2D eigenvalue weighted by Gasteiger charge is -2.36. The molecule has 8 heteroatoms. The summed E-state index contributed by atoms with van der Waals surface area (Å²) in [4.78, 5) is 25.6. The van der Waals surface area contributed by atoms with Crippen molar-refractivity contribution in [3.63, 3.8) is 0 Å². The molecule has 0 aliphatic heterocycles. The Balaban J connectivity index is 2.20. The molecular weight excluding hydrogens is 538 g/mol. The number of anilines is 1. The summed E-state index contributed by atoms with van der Waals surface area (Å²) in [5.41, 5.74) is 2.44. The monoisotopic (exact) mass is 577 g/mol. The van der Waals surface area contributed by atoms with E-state index in [1.165, 1.54) is 0 Å². The molecule has 0 fully saturated rings. The lowest BCUT2D eigenvalue weighted by Crippen LogP contribution is -2.41. The third kappa shape index (κ3) is 8.18. The normalized spacial score (nSPS) is 11.8. The van der Waals surface area contributed by atoms with Crippen LogP contribution in [0.15, 0.2) is 36.4 Å². The second-order valence-corrected chi connectivity index (χ2v) is 15.5. The summed E-state index contributed by atoms with van der Waals surface area (Å²) in [6.07, 6.45) is 1.81. The van der Waals surface area contributed by atoms with Crippen molar-refractivity contribution in [2.45, 2.75) is 65.6 Å². The predicted molar refractivity (Wildman–Crippen MR) is 153 cm³/mol. The van der Waals surface area contributed by atoms with Gasteiger partial charge in [-0.3, -0.25) is 9.59 Å². The van der Waals surface area contributed by atoms with Gasteiger partial charge in [-0.15, -0.1) is 0 Å². The summed E-state index contributed by atoms with van der Waals surface area (Å²) in [6, 6.07) is 10.9. The summed E-state index contributed by atoms with van der Waals surface area (Å²) >= 11 is 3.16. The molecule has 6 nitrogen and oxygen atoms in total. The van der Waals surface area contributed by atoms with Gasteiger partial charge in [0.2, 0.25) is 5.91 Å². The van der Waals surface area contributed by atoms with Crippen LogP contribution in [0.25, 0.3) is 0 Å². The summed E-state index contributed by atoms with van der Waals surface area (Å²) in [7, 11) is -1.74. The van der Waals surface area contributed by atoms with E-state index in [0.29, 0.717) is 41.5 Å². The molecule has 1 N–H and O–H groups in total. The van der Waals surface area contributed by atoms with Crippen LogP contribution in [0, 0.1) is 0 Å². The number of aryl methyl sites for hydroxylation is 1. The van der Waals surface area contributed by atoms with E-state index in [1.54, 1.807) is 12.1 Å². The van der Waals surface area contributed by atoms with Gasteiger partial charge in [-0.25, -0.2) is 0 Å². The van der Waals surface area contributed by atoms with Gasteiger partial charge in [0, 0.05) is 18.2 Å². The van der Waals surface area contributed by atoms with Crippen molar-refractivity contribution in [3.8, 4) is 11.5 Å². The average molecular weight is 579 g/mol. The molecular formula is C28H40BrNO5Si. The molecule has 1 amide bonds. The van der Waals surface area contributed by atoms with Crippen LogP contribution in [-0.2, 0) is 15.6 Å². The first-order valence-electron chi connectivity index (χ1n) is 12.5. The van der Waals surface area contributed by atoms with E-state index in [2.05, 4.69) is 55.1 Å². The Kier molecular flexibility index (Phi) is 11.2. The third-order valence-corrected chi connectivity index (χ3v) is 11.5. The Labute approximate surface area is 225 Å². The van der Waals surface area contributed by atoms with Crippen LogP contribution in [0.3, 0.4) is 0 Å². The Morgan fingerprint density at radius 2 is 1.56 bits per heavy atom. The van der Waals surface area contributed by atoms with Crippen molar-refractivity contribution in [2.24, 2.45) is 0 Å². The number of ketones is 1. The highest BCUT2D eigenvalue weighted by molar-refractivity contribution is 9.09. The van der Waals surface area contributed by atoms with Crippen LogP contribution in [0.1, 0.15) is 62.5 Å². The first-order chi connectivity index (χ1) is 16.9. The van der Waals surface area contributed by atoms with Crippen molar-refractivity contribution in [2.75, 3.05) is 30.5 Å². The average Bonchev–Trinajstić information content (AvgIpc) is 2.82. The van der Waals surface area contributed by atoms with Crippen LogP contribution in [0.4, 0.5) is 5.69 Å². The molecule has 0 atom stereocenters. The largest absolute Gasteiger partial charge is 0.490 e. The zero-order chi connectivity index (χ0) is 26.9. The number of alkyl halides is 1. The zero-order valence-corrected chi connectivity index (χ0v) is 25.2. The number of ether oxygens (including phenoxy) is 2. The maximum atomic E-state index is 13.5. The van der Waals surface area contributed by atoms with E-state index >= 15 is 0 Å². The molecule has 0 unspecified atom stereocenters. The Hall–Kier alpha value is -2.16. The fraction of sp³-hybridized carbons (Fsp3) is 0.500. The molecule has 0 radical (unpaired) electrons. The number of hydrogen-bond donors (Lipinski definition) is 1. The van der Waals surface area contributed by atoms with Gasteiger partial charge in [-0.1, -0.05) is 61.0 Å². The number of carbonyl (C=O) groups is 2. The van der Waals surface area contributed by atoms with Crippen molar-refractivity contribution < 1.29 is 23.5 Å². The molecule has 0 aliphatic carbocycles. The first-order valence-corrected chi connectivity index (χ1v) is 16.5. The second kappa shape index (κ2) is 13.4. The molecule has 0 saturated carbocycles. The van der Waals surface area contributed by atoms with Gasteiger partial charge in [0.15, 0.2) is 25.6 Å². The van der Waals surface area contributed by atoms with Crippen LogP contribution in [0.5, 0.6) is 11.5 Å². The van der Waals surface area contributed by atoms with E-state index in [0.717, 1.165) is 25.0 Å². The molecule has 0 spiro atoms. The molecule has 2 aromatic rings. The highest BCUT2D eigenvalue weighted by Crippen LogP contribution is 2.37. The number of benzene rings is 2. The lowest BCUT2D eigenvalue weighted by atomic mass is 9.98. The van der Waals surface area contributed by atoms with Crippen molar-refractivity contribution in [1.29, 1.82) is 0 Å². The smallest absolute Gasteiger partial charge is 0.235 e. The van der Waals surface area contributed by atoms with E-state index < -0.39 is 8.32 Å². The van der Waals surface area contributed by atoms with Crippen LogP contribution in [-0.4, -0.2) is 45.2 Å². The molecule has 0 bridgehead atoms. The van der Waals surface area contributed by atoms with E-state index in [4.69, 9.17) is 13.9 Å². The Morgan fingerprint density at radius 3 is 2.08 bits per heavy atom. The predicted octanol–water partition coefficient (Wildman–Crippen LogP) is 7.00. The quantitative estimate of drug-likeness (QED) is 0.120. The fourth-order valence-corrected chi connectivity index (χ4v) is 4.60. The number of nitrogens with one attached hydrogen (secondary N) is 1. The number of hydrogen-bond acceptors (Lipinski definition) is 5. The number of carbonyl (C=O) groups excluding carboxylic acids is 2. The molecule has 36 heavy (non-hydrogen) atoms. The van der Waals surface area contributed by atoms with Gasteiger partial charge in [-0.05, 0) is 56.5 Å². The molecule has 0 aromatic heterocycles. The molecule has 2 aromatic carbocycles. The molecule has 0 aliphatic rings. The zero-order valence-electron chi connectivity index (χ0n) is 22.6. The summed E-state index contributed by atoms with van der Waals surface area (Å²) < 4.78 is 17.7. The molecule has 2 rings (SSSR count). The number of rotatable bonds is 13. The van der Waals surface area contributed by atoms with Gasteiger partial charge < -0.3 is 19.2 Å². The summed E-state index contributed by atoms with van der Waals surface area (Å²) in [6.45, 7) is 16.6. The third-order valence-electron chi connectivity index (χ3n) is 6.42. The standard InChI is InChI=1S/C28H40BrNO5Si/c1-8-33-24-17-22(23(30-26(31)19-29)18-25(24)34-9-2)27(32)21-14-12-20(13-15-21)11-10-16-35-36(6,7)28(3,4)5/h12-15,17-18H,8-11,16,19H2,1-7H3,(H,30,31). The van der Waals surface area contributed by atoms with E-state index in [9.17, 15) is 9.59 Å². The van der Waals surface area contributed by atoms with Crippen molar-refractivity contribution >= 4 is 41.6 Å². The summed E-state index contributed by atoms with van der Waals surface area (Å²) in [5.74, 6) is 0.497. The Bertz CT molecular complexity index is 1030. The second-order valence-electron chi connectivity index (χ2n) is 10.1. The SMILES string of the molecule is CCOc1cc(NC(=O)CBr)c(C(=O)c2ccc(CCCO[Si](C)(C)C(C)(C)C)cc2)cc1OCC. The minimum Gasteiger partial charge on any atom is -0.490 e. The first kappa shape index (κ1) is 30.1. The van der Waals surface area contributed by atoms with Gasteiger partial charge in [0.1, 0.15) is 0 Å². The number of halogens is 1. The highest BCUT2D eigenvalue weighted by atomic mass is 79.9. The summed E-state index contributed by atoms with van der Waals surface area (Å²) in [5, 5.41) is 3.11. The van der Waals surface area contributed by atoms with Crippen molar-refractivity contribution in [1.82, 2.24) is 0 Å². The van der Waals surface area contributed by atoms with E-state index in [1.807, 2.05) is 38.1 Å². The highest BCUT2D eigenvalue weighted by Gasteiger charge is 2.36. The van der Waals surface area contributed by atoms with Crippen LogP contribution >= 0.6 is 15.9 Å². The van der Waals surface area contributed by atoms with Gasteiger partial charge in [0.25, 0.3) is 0 Å². The fourth-order valence-electron chi connectivity index (χ4n) is 3.37. The van der Waals surface area contributed by atoms with Crippen molar-refractivity contribution in [3.05, 3.63) is 53.1 Å². The van der Waals surface area contributed by atoms with Gasteiger partial charge in [-0.2, -0.15) is 0 Å². The van der Waals surface area contributed by atoms with E-state index in [-0.39, 0.29) is 22.1 Å². The molecule has 198 valence electrons. The molecule has 0 heterocycles. The maximum Gasteiger partial charge on any atom is 0.235 e. The Morgan fingerprint density at radius 1 is 0.972 bits per heavy atom. The van der Waals surface area contributed by atoms with Gasteiger partial charge in [0.05, 0.1) is 29.8 Å². The van der Waals surface area contributed by atoms with Crippen LogP contribution in [0.2, 0.25) is 18.1 Å². The molecule has 0 saturated heterocycles. The lowest BCUT2D eigenvalue weighted by molar-refractivity contribution is -0.113. The van der Waals surface area contributed by atoms with Gasteiger partial charge >= 0.3 is 0 Å². The number of amides is 1. The topological polar surface area (TPSA) is 73.9 Å². The minimum absolute atomic E-state index is 0.117.